The summed E-state index contributed by atoms with van der Waals surface area (Å²) in [6.45, 7) is 2.16. The lowest BCUT2D eigenvalue weighted by Crippen LogP contribution is -2.53. The van der Waals surface area contributed by atoms with Gasteiger partial charge in [0.25, 0.3) is 0 Å². The molecule has 22 heavy (non-hydrogen) atoms. The zero-order valence-electron chi connectivity index (χ0n) is 12.5. The number of rotatable bonds is 4. The molecule has 1 atom stereocenters. The molecule has 1 aliphatic rings. The first-order chi connectivity index (χ1) is 10.9. The molecule has 1 heterocycles. The average molecular weight is 292 g/mol. The van der Waals surface area contributed by atoms with Crippen LogP contribution < -0.4 is 5.32 Å². The summed E-state index contributed by atoms with van der Waals surface area (Å²) in [7, 11) is 0. The molecular weight excluding hydrogens is 272 g/mol. The fraction of sp³-hybridized carbons (Fsp3) is 0.316. The van der Waals surface area contributed by atoms with E-state index in [1.807, 2.05) is 36.4 Å². The summed E-state index contributed by atoms with van der Waals surface area (Å²) in [5, 5.41) is 12.8. The quantitative estimate of drug-likeness (QED) is 0.942. The maximum atomic E-state index is 9.37. The minimum absolute atomic E-state index is 0.0438. The van der Waals surface area contributed by atoms with Crippen molar-refractivity contribution in [2.75, 3.05) is 19.7 Å². The van der Waals surface area contributed by atoms with Crippen molar-refractivity contribution in [3.8, 4) is 6.07 Å². The maximum Gasteiger partial charge on any atom is 0.104 e. The van der Waals surface area contributed by atoms with E-state index in [1.165, 1.54) is 11.1 Å². The predicted octanol–water partition coefficient (Wildman–Crippen LogP) is 3.09. The van der Waals surface area contributed by atoms with Crippen LogP contribution >= 0.6 is 0 Å². The van der Waals surface area contributed by atoms with Crippen LogP contribution in [0.15, 0.2) is 60.7 Å². The van der Waals surface area contributed by atoms with Crippen LogP contribution in [0.1, 0.15) is 23.5 Å². The van der Waals surface area contributed by atoms with E-state index < -0.39 is 5.60 Å². The highest BCUT2D eigenvalue weighted by atomic mass is 16.5. The van der Waals surface area contributed by atoms with Crippen LogP contribution in [0.25, 0.3) is 0 Å². The Kier molecular flexibility index (Phi) is 4.53. The van der Waals surface area contributed by atoms with Crippen LogP contribution in [-0.4, -0.2) is 25.3 Å². The molecule has 2 aromatic carbocycles. The molecular formula is C19H20N2O. The van der Waals surface area contributed by atoms with Crippen molar-refractivity contribution in [3.05, 3.63) is 71.8 Å². The molecule has 1 fully saturated rings. The van der Waals surface area contributed by atoms with Crippen molar-refractivity contribution in [1.82, 2.24) is 5.32 Å². The van der Waals surface area contributed by atoms with Crippen molar-refractivity contribution < 1.29 is 4.74 Å². The summed E-state index contributed by atoms with van der Waals surface area (Å²) in [6.07, 6.45) is 0.369. The number of nitrogens with one attached hydrogen (secondary N) is 1. The molecule has 1 aliphatic heterocycles. The number of hydrogen-bond acceptors (Lipinski definition) is 3. The van der Waals surface area contributed by atoms with Gasteiger partial charge in [-0.15, -0.1) is 0 Å². The molecule has 0 aliphatic carbocycles. The number of benzene rings is 2. The molecule has 0 aromatic heterocycles. The molecule has 3 rings (SSSR count). The Labute approximate surface area is 131 Å². The van der Waals surface area contributed by atoms with E-state index in [-0.39, 0.29) is 5.92 Å². The van der Waals surface area contributed by atoms with Crippen molar-refractivity contribution >= 4 is 0 Å². The van der Waals surface area contributed by atoms with E-state index >= 15 is 0 Å². The normalized spacial score (nSPS) is 21.5. The van der Waals surface area contributed by atoms with Crippen LogP contribution in [0, 0.1) is 11.3 Å². The zero-order valence-corrected chi connectivity index (χ0v) is 12.5. The van der Waals surface area contributed by atoms with Crippen LogP contribution in [0.2, 0.25) is 0 Å². The van der Waals surface area contributed by atoms with Gasteiger partial charge >= 0.3 is 0 Å². The zero-order chi connectivity index (χ0) is 15.3. The molecule has 0 saturated carbocycles. The topological polar surface area (TPSA) is 45.0 Å². The third-order valence-electron chi connectivity index (χ3n) is 4.26. The van der Waals surface area contributed by atoms with E-state index in [1.54, 1.807) is 0 Å². The predicted molar refractivity (Wildman–Crippen MR) is 86.5 cm³/mol. The van der Waals surface area contributed by atoms with E-state index in [0.29, 0.717) is 19.6 Å². The van der Waals surface area contributed by atoms with Crippen LogP contribution in [0.4, 0.5) is 0 Å². The summed E-state index contributed by atoms with van der Waals surface area (Å²) in [4.78, 5) is 0. The molecule has 0 amide bonds. The lowest BCUT2D eigenvalue weighted by molar-refractivity contribution is -0.0733. The second-order valence-corrected chi connectivity index (χ2v) is 5.68. The van der Waals surface area contributed by atoms with Gasteiger partial charge in [0.1, 0.15) is 5.60 Å². The number of nitriles is 1. The largest absolute Gasteiger partial charge is 0.370 e. The summed E-state index contributed by atoms with van der Waals surface area (Å²) >= 11 is 0. The lowest BCUT2D eigenvalue weighted by atomic mass is 9.75. The SMILES string of the molecule is N#CCC1(C(c2ccccc2)c2ccccc2)CNCCO1. The van der Waals surface area contributed by atoms with Gasteiger partial charge in [-0.1, -0.05) is 60.7 Å². The van der Waals surface area contributed by atoms with Gasteiger partial charge in [0.05, 0.1) is 19.1 Å². The summed E-state index contributed by atoms with van der Waals surface area (Å²) in [6, 6.07) is 23.0. The van der Waals surface area contributed by atoms with Gasteiger partial charge in [0.15, 0.2) is 0 Å². The van der Waals surface area contributed by atoms with Crippen molar-refractivity contribution in [2.24, 2.45) is 0 Å². The Hall–Kier alpha value is -2.15. The molecule has 2 aromatic rings. The molecule has 3 heteroatoms. The highest BCUT2D eigenvalue weighted by Gasteiger charge is 2.43. The van der Waals surface area contributed by atoms with Gasteiger partial charge < -0.3 is 10.1 Å². The van der Waals surface area contributed by atoms with Crippen LogP contribution in [0.3, 0.4) is 0 Å². The Morgan fingerprint density at radius 3 is 2.09 bits per heavy atom. The Morgan fingerprint density at radius 1 is 1.05 bits per heavy atom. The second kappa shape index (κ2) is 6.74. The van der Waals surface area contributed by atoms with Gasteiger partial charge in [-0.2, -0.15) is 5.26 Å². The molecule has 112 valence electrons. The number of ether oxygens (including phenoxy) is 1. The molecule has 0 radical (unpaired) electrons. The van der Waals surface area contributed by atoms with Crippen LogP contribution in [0.5, 0.6) is 0 Å². The van der Waals surface area contributed by atoms with E-state index in [0.717, 1.165) is 6.54 Å². The highest BCUT2D eigenvalue weighted by molar-refractivity contribution is 5.37. The minimum Gasteiger partial charge on any atom is -0.370 e. The first-order valence-electron chi connectivity index (χ1n) is 7.67. The fourth-order valence-electron chi connectivity index (χ4n) is 3.30. The van der Waals surface area contributed by atoms with Crippen molar-refractivity contribution in [2.45, 2.75) is 17.9 Å². The molecule has 0 spiro atoms. The van der Waals surface area contributed by atoms with Crippen molar-refractivity contribution in [1.29, 1.82) is 5.26 Å². The smallest absolute Gasteiger partial charge is 0.104 e. The average Bonchev–Trinajstić information content (AvgIpc) is 2.58. The van der Waals surface area contributed by atoms with Gasteiger partial charge in [-0.3, -0.25) is 0 Å². The minimum atomic E-state index is -0.518. The molecule has 1 unspecified atom stereocenters. The lowest BCUT2D eigenvalue weighted by Gasteiger charge is -2.42. The highest BCUT2D eigenvalue weighted by Crippen LogP contribution is 2.40. The fourth-order valence-corrected chi connectivity index (χ4v) is 3.30. The van der Waals surface area contributed by atoms with Crippen molar-refractivity contribution in [3.63, 3.8) is 0 Å². The van der Waals surface area contributed by atoms with E-state index in [4.69, 9.17) is 4.74 Å². The standard InChI is InChI=1S/C19H20N2O/c20-12-11-19(15-21-13-14-22-19)18(16-7-3-1-4-8-16)17-9-5-2-6-10-17/h1-10,18,21H,11,13-15H2. The number of hydrogen-bond donors (Lipinski definition) is 1. The van der Waals surface area contributed by atoms with Gasteiger partial charge in [-0.05, 0) is 11.1 Å². The third-order valence-corrected chi connectivity index (χ3v) is 4.26. The molecule has 1 saturated heterocycles. The second-order valence-electron chi connectivity index (χ2n) is 5.68. The molecule has 1 N–H and O–H groups in total. The molecule has 0 bridgehead atoms. The Bertz CT molecular complexity index is 588. The van der Waals surface area contributed by atoms with Gasteiger partial charge in [0, 0.05) is 19.0 Å². The van der Waals surface area contributed by atoms with Crippen LogP contribution in [-0.2, 0) is 4.74 Å². The Morgan fingerprint density at radius 2 is 1.64 bits per heavy atom. The summed E-state index contributed by atoms with van der Waals surface area (Å²) in [5.74, 6) is 0.0438. The maximum absolute atomic E-state index is 9.37. The number of nitrogens with zero attached hydrogens (tertiary/aromatic N) is 1. The summed E-state index contributed by atoms with van der Waals surface area (Å²) in [5.41, 5.74) is 1.86. The van der Waals surface area contributed by atoms with Gasteiger partial charge in [0.2, 0.25) is 0 Å². The third kappa shape index (κ3) is 2.89. The molecule has 3 nitrogen and oxygen atoms in total. The van der Waals surface area contributed by atoms with Gasteiger partial charge in [-0.25, -0.2) is 0 Å². The van der Waals surface area contributed by atoms with E-state index in [2.05, 4.69) is 35.7 Å². The summed E-state index contributed by atoms with van der Waals surface area (Å²) < 4.78 is 6.19. The number of morpholine rings is 1. The monoisotopic (exact) mass is 292 g/mol. The first-order valence-corrected chi connectivity index (χ1v) is 7.67. The first kappa shape index (κ1) is 14.8. The Balaban J connectivity index is 2.10. The van der Waals surface area contributed by atoms with E-state index in [9.17, 15) is 5.26 Å².